The summed E-state index contributed by atoms with van der Waals surface area (Å²) in [6.45, 7) is 8.61. The Kier molecular flexibility index (Phi) is 4.89. The Labute approximate surface area is 117 Å². The molecule has 4 nitrogen and oxygen atoms in total. The molecule has 2 N–H and O–H groups in total. The van der Waals surface area contributed by atoms with Crippen molar-refractivity contribution < 1.29 is 14.7 Å². The maximum atomic E-state index is 12.0. The molecule has 104 valence electrons. The van der Waals surface area contributed by atoms with Gasteiger partial charge in [0.2, 0.25) is 0 Å². The van der Waals surface area contributed by atoms with Crippen LogP contribution in [0.1, 0.15) is 40.9 Å². The molecule has 0 spiro atoms. The van der Waals surface area contributed by atoms with E-state index >= 15 is 0 Å². The van der Waals surface area contributed by atoms with Crippen molar-refractivity contribution in [2.75, 3.05) is 6.54 Å². The minimum absolute atomic E-state index is 0.0357. The zero-order valence-electron chi connectivity index (χ0n) is 11.6. The third-order valence-electron chi connectivity index (χ3n) is 2.34. The average molecular weight is 281 g/mol. The zero-order valence-corrected chi connectivity index (χ0v) is 12.4. The molecule has 1 aromatic rings. The highest BCUT2D eigenvalue weighted by molar-refractivity contribution is 7.15. The molecule has 0 radical (unpaired) electrons. The first-order valence-corrected chi connectivity index (χ1v) is 6.80. The number of carboxylic acids is 1. The predicted molar refractivity (Wildman–Crippen MR) is 77.5 cm³/mol. The number of carbonyl (C=O) groups is 2. The molecule has 0 fully saturated rings. The summed E-state index contributed by atoms with van der Waals surface area (Å²) >= 11 is 1.30. The number of hydrogen-bond donors (Lipinski definition) is 2. The first-order chi connectivity index (χ1) is 8.69. The fraction of sp³-hybridized carbons (Fsp3) is 0.429. The van der Waals surface area contributed by atoms with Crippen molar-refractivity contribution in [2.24, 2.45) is 5.41 Å². The number of carboxylic acid groups (broad SMARTS) is 1. The summed E-state index contributed by atoms with van der Waals surface area (Å²) in [4.78, 5) is 23.8. The van der Waals surface area contributed by atoms with E-state index in [4.69, 9.17) is 5.11 Å². The molecule has 1 rings (SSSR count). The third-order valence-corrected chi connectivity index (χ3v) is 3.54. The van der Waals surface area contributed by atoms with Crippen LogP contribution in [0.2, 0.25) is 0 Å². The van der Waals surface area contributed by atoms with Gasteiger partial charge >= 0.3 is 5.97 Å². The second-order valence-corrected chi connectivity index (χ2v) is 6.66. The quantitative estimate of drug-likeness (QED) is 0.834. The largest absolute Gasteiger partial charge is 0.478 e. The Morgan fingerprint density at radius 3 is 2.58 bits per heavy atom. The monoisotopic (exact) mass is 281 g/mol. The smallest absolute Gasteiger partial charge is 0.328 e. The molecule has 0 saturated heterocycles. The molecule has 0 atom stereocenters. The van der Waals surface area contributed by atoms with Crippen molar-refractivity contribution in [3.05, 3.63) is 27.5 Å². The Morgan fingerprint density at radius 1 is 1.42 bits per heavy atom. The lowest BCUT2D eigenvalue weighted by molar-refractivity contribution is -0.131. The van der Waals surface area contributed by atoms with Gasteiger partial charge < -0.3 is 10.4 Å². The second kappa shape index (κ2) is 6.02. The molecular weight excluding hydrogens is 262 g/mol. The summed E-state index contributed by atoms with van der Waals surface area (Å²) in [5.41, 5.74) is 0.942. The molecule has 0 bridgehead atoms. The van der Waals surface area contributed by atoms with Gasteiger partial charge in [0, 0.05) is 17.5 Å². The van der Waals surface area contributed by atoms with Crippen molar-refractivity contribution in [3.8, 4) is 0 Å². The lowest BCUT2D eigenvalue weighted by atomic mass is 9.97. The van der Waals surface area contributed by atoms with E-state index < -0.39 is 5.97 Å². The van der Waals surface area contributed by atoms with Gasteiger partial charge in [-0.25, -0.2) is 4.79 Å². The van der Waals surface area contributed by atoms with E-state index in [-0.39, 0.29) is 11.3 Å². The number of rotatable bonds is 4. The van der Waals surface area contributed by atoms with Crippen LogP contribution in [0.3, 0.4) is 0 Å². The minimum Gasteiger partial charge on any atom is -0.478 e. The number of hydrogen-bond acceptors (Lipinski definition) is 3. The van der Waals surface area contributed by atoms with Gasteiger partial charge in [0.05, 0.1) is 4.88 Å². The van der Waals surface area contributed by atoms with Crippen molar-refractivity contribution in [1.82, 2.24) is 5.32 Å². The fourth-order valence-corrected chi connectivity index (χ4v) is 2.35. The van der Waals surface area contributed by atoms with Crippen LogP contribution in [0.5, 0.6) is 0 Å². The maximum absolute atomic E-state index is 12.0. The first kappa shape index (κ1) is 15.4. The van der Waals surface area contributed by atoms with Gasteiger partial charge in [0.25, 0.3) is 5.91 Å². The highest BCUT2D eigenvalue weighted by Crippen LogP contribution is 2.23. The Morgan fingerprint density at radius 2 is 2.05 bits per heavy atom. The molecule has 1 heterocycles. The number of aliphatic carboxylic acids is 1. The van der Waals surface area contributed by atoms with Crippen LogP contribution in [0, 0.1) is 12.3 Å². The molecule has 5 heteroatoms. The van der Waals surface area contributed by atoms with Gasteiger partial charge in [-0.1, -0.05) is 20.8 Å². The van der Waals surface area contributed by atoms with Crippen LogP contribution in [0.25, 0.3) is 6.08 Å². The van der Waals surface area contributed by atoms with Crippen molar-refractivity contribution in [3.63, 3.8) is 0 Å². The molecule has 0 unspecified atom stereocenters. The maximum Gasteiger partial charge on any atom is 0.328 e. The number of nitrogens with one attached hydrogen (secondary N) is 1. The summed E-state index contributed by atoms with van der Waals surface area (Å²) in [6.07, 6.45) is 2.60. The van der Waals surface area contributed by atoms with Gasteiger partial charge in [-0.05, 0) is 30.0 Å². The van der Waals surface area contributed by atoms with E-state index in [1.54, 1.807) is 6.07 Å². The van der Waals surface area contributed by atoms with Crippen LogP contribution in [-0.2, 0) is 4.79 Å². The highest BCUT2D eigenvalue weighted by Gasteiger charge is 2.15. The predicted octanol–water partition coefficient (Wildman–Crippen LogP) is 2.93. The lowest BCUT2D eigenvalue weighted by Crippen LogP contribution is -2.31. The van der Waals surface area contributed by atoms with Gasteiger partial charge in [-0.15, -0.1) is 11.3 Å². The molecule has 1 amide bonds. The van der Waals surface area contributed by atoms with E-state index in [0.29, 0.717) is 11.4 Å². The van der Waals surface area contributed by atoms with Gasteiger partial charge in [0.15, 0.2) is 0 Å². The van der Waals surface area contributed by atoms with Crippen LogP contribution in [0.15, 0.2) is 12.1 Å². The topological polar surface area (TPSA) is 66.4 Å². The van der Waals surface area contributed by atoms with Gasteiger partial charge in [-0.3, -0.25) is 4.79 Å². The van der Waals surface area contributed by atoms with Crippen molar-refractivity contribution in [2.45, 2.75) is 27.7 Å². The summed E-state index contributed by atoms with van der Waals surface area (Å²) in [5.74, 6) is -1.11. The fourth-order valence-electron chi connectivity index (χ4n) is 1.35. The van der Waals surface area contributed by atoms with Crippen LogP contribution < -0.4 is 5.32 Å². The Bertz CT molecular complexity index is 509. The number of carbonyl (C=O) groups excluding carboxylic acids is 1. The molecule has 19 heavy (non-hydrogen) atoms. The molecule has 0 aromatic carbocycles. The summed E-state index contributed by atoms with van der Waals surface area (Å²) in [7, 11) is 0. The van der Waals surface area contributed by atoms with E-state index in [0.717, 1.165) is 16.5 Å². The summed E-state index contributed by atoms with van der Waals surface area (Å²) in [6, 6.07) is 1.78. The van der Waals surface area contributed by atoms with E-state index in [9.17, 15) is 9.59 Å². The standard InChI is InChI=1S/C14H19NO3S/c1-9-7-11(13(18)15-8-14(2,3)4)19-10(9)5-6-12(16)17/h5-7H,8H2,1-4H3,(H,15,18)(H,16,17). The number of thiophene rings is 1. The molecule has 0 aliphatic rings. The number of aryl methyl sites for hydroxylation is 1. The SMILES string of the molecule is Cc1cc(C(=O)NCC(C)(C)C)sc1C=CC(=O)O. The van der Waals surface area contributed by atoms with Crippen LogP contribution in [0.4, 0.5) is 0 Å². The first-order valence-electron chi connectivity index (χ1n) is 5.99. The average Bonchev–Trinajstić information content (AvgIpc) is 2.64. The number of amides is 1. The van der Waals surface area contributed by atoms with E-state index in [2.05, 4.69) is 5.32 Å². The van der Waals surface area contributed by atoms with Crippen LogP contribution in [-0.4, -0.2) is 23.5 Å². The summed E-state index contributed by atoms with van der Waals surface area (Å²) in [5, 5.41) is 11.5. The zero-order chi connectivity index (χ0) is 14.6. The molecular formula is C14H19NO3S. The molecule has 0 saturated carbocycles. The Hall–Kier alpha value is -1.62. The van der Waals surface area contributed by atoms with E-state index in [1.165, 1.54) is 17.4 Å². The molecule has 1 aromatic heterocycles. The van der Waals surface area contributed by atoms with Gasteiger partial charge in [-0.2, -0.15) is 0 Å². The van der Waals surface area contributed by atoms with Gasteiger partial charge in [0.1, 0.15) is 0 Å². The van der Waals surface area contributed by atoms with Crippen molar-refractivity contribution in [1.29, 1.82) is 0 Å². The van der Waals surface area contributed by atoms with E-state index in [1.807, 2.05) is 27.7 Å². The molecule has 0 aliphatic heterocycles. The third kappa shape index (κ3) is 5.26. The van der Waals surface area contributed by atoms with Crippen molar-refractivity contribution >= 4 is 29.3 Å². The minimum atomic E-state index is -0.994. The summed E-state index contributed by atoms with van der Waals surface area (Å²) < 4.78 is 0. The van der Waals surface area contributed by atoms with Crippen LogP contribution >= 0.6 is 11.3 Å². The lowest BCUT2D eigenvalue weighted by Gasteiger charge is -2.18. The molecule has 0 aliphatic carbocycles. The second-order valence-electron chi connectivity index (χ2n) is 5.57. The normalized spacial score (nSPS) is 11.8. The Balaban J connectivity index is 2.77. The highest BCUT2D eigenvalue weighted by atomic mass is 32.1.